The molecule has 9 nitrogen and oxygen atoms in total. The van der Waals surface area contributed by atoms with E-state index < -0.39 is 24.3 Å². The van der Waals surface area contributed by atoms with Gasteiger partial charge < -0.3 is 33.3 Å². The summed E-state index contributed by atoms with van der Waals surface area (Å²) in [5, 5.41) is 11.7. The van der Waals surface area contributed by atoms with Crippen LogP contribution in [0.5, 0.6) is 0 Å². The van der Waals surface area contributed by atoms with Gasteiger partial charge in [-0.15, -0.1) is 0 Å². The fraction of sp³-hybridized carbons (Fsp3) is 0.691. The molecular weight excluding hydrogens is 803 g/mol. The van der Waals surface area contributed by atoms with Crippen molar-refractivity contribution >= 4 is 17.9 Å². The summed E-state index contributed by atoms with van der Waals surface area (Å²) in [5.74, 6) is -2.32. The topological polar surface area (TPSA) is 111 Å². The molecule has 0 N–H and O–H groups in total. The van der Waals surface area contributed by atoms with Crippen LogP contribution in [0.1, 0.15) is 187 Å². The fourth-order valence-electron chi connectivity index (χ4n) is 6.46. The molecule has 0 radical (unpaired) electrons. The van der Waals surface area contributed by atoms with Crippen LogP contribution in [-0.2, 0) is 33.3 Å². The number of quaternary nitrogens is 1. The minimum absolute atomic E-state index is 0.140. The monoisotopic (exact) mass is 896 g/mol. The van der Waals surface area contributed by atoms with E-state index in [1.807, 2.05) is 21.1 Å². The summed E-state index contributed by atoms with van der Waals surface area (Å²) in [6.45, 7) is 4.55. The number of rotatable bonds is 45. The number of carboxylic acid groups (broad SMARTS) is 1. The van der Waals surface area contributed by atoms with Crippen molar-refractivity contribution in [2.24, 2.45) is 0 Å². The largest absolute Gasteiger partial charge is 0.545 e. The standard InChI is InChI=1S/C55H93NO8/c1-6-8-10-12-14-16-18-20-22-23-24-25-26-27-28-29-30-31-32-34-36-38-40-42-44-46-53(58)64-51(50-63-55(54(59)60)61-48-47-56(3,4)5)49-62-52(57)45-43-41-39-37-35-33-21-19-17-15-13-11-9-7-2/h8,10,13-16,19-22,24-25,27-28,51,55H,6-7,9,11-12,17-18,23,26,29-50H2,1-5H3/b10-8-,15-13-,16-14-,21-19-,22-20-,25-24-,28-27-. The van der Waals surface area contributed by atoms with Crippen LogP contribution in [0.3, 0.4) is 0 Å². The summed E-state index contributed by atoms with van der Waals surface area (Å²) in [5.41, 5.74) is 0. The van der Waals surface area contributed by atoms with Crippen LogP contribution in [-0.4, -0.2) is 82.3 Å². The molecule has 9 heteroatoms. The molecule has 0 rings (SSSR count). The Morgan fingerprint density at radius 3 is 1.33 bits per heavy atom. The molecule has 0 aliphatic heterocycles. The van der Waals surface area contributed by atoms with Gasteiger partial charge in [0.1, 0.15) is 13.2 Å². The number of hydrogen-bond acceptors (Lipinski definition) is 8. The molecule has 0 aromatic rings. The maximum Gasteiger partial charge on any atom is 0.306 e. The third-order valence-corrected chi connectivity index (χ3v) is 10.4. The second kappa shape index (κ2) is 46.0. The van der Waals surface area contributed by atoms with E-state index >= 15 is 0 Å². The molecule has 0 heterocycles. The highest BCUT2D eigenvalue weighted by atomic mass is 16.7. The highest BCUT2D eigenvalue weighted by molar-refractivity contribution is 5.70. The molecule has 2 atom stereocenters. The average Bonchev–Trinajstić information content (AvgIpc) is 3.26. The van der Waals surface area contributed by atoms with Crippen molar-refractivity contribution in [3.8, 4) is 0 Å². The minimum Gasteiger partial charge on any atom is -0.545 e. The number of carbonyl (C=O) groups is 3. The summed E-state index contributed by atoms with van der Waals surface area (Å²) in [7, 11) is 5.90. The highest BCUT2D eigenvalue weighted by Crippen LogP contribution is 2.14. The van der Waals surface area contributed by atoms with Crippen molar-refractivity contribution in [2.75, 3.05) is 47.5 Å². The summed E-state index contributed by atoms with van der Waals surface area (Å²) in [6, 6.07) is 0. The molecule has 0 saturated carbocycles. The molecule has 64 heavy (non-hydrogen) atoms. The lowest BCUT2D eigenvalue weighted by molar-refractivity contribution is -0.870. The van der Waals surface area contributed by atoms with Gasteiger partial charge in [-0.05, 0) is 83.5 Å². The molecule has 0 fully saturated rings. The highest BCUT2D eigenvalue weighted by Gasteiger charge is 2.21. The van der Waals surface area contributed by atoms with Gasteiger partial charge >= 0.3 is 11.9 Å². The van der Waals surface area contributed by atoms with E-state index in [4.69, 9.17) is 18.9 Å². The lowest BCUT2D eigenvalue weighted by Crippen LogP contribution is -2.44. The Morgan fingerprint density at radius 1 is 0.484 bits per heavy atom. The number of nitrogens with zero attached hydrogens (tertiary/aromatic N) is 1. The lowest BCUT2D eigenvalue weighted by Gasteiger charge is -2.26. The molecule has 2 unspecified atom stereocenters. The van der Waals surface area contributed by atoms with Crippen LogP contribution < -0.4 is 5.11 Å². The number of aliphatic carboxylic acids is 1. The Morgan fingerprint density at radius 2 is 0.891 bits per heavy atom. The van der Waals surface area contributed by atoms with Crippen LogP contribution in [0.4, 0.5) is 0 Å². The van der Waals surface area contributed by atoms with Gasteiger partial charge in [0.15, 0.2) is 12.4 Å². The Kier molecular flexibility index (Phi) is 43.5. The Balaban J connectivity index is 4.35. The fourth-order valence-corrected chi connectivity index (χ4v) is 6.46. The second-order valence-corrected chi connectivity index (χ2v) is 17.7. The van der Waals surface area contributed by atoms with Gasteiger partial charge in [0.2, 0.25) is 0 Å². The lowest BCUT2D eigenvalue weighted by atomic mass is 10.1. The van der Waals surface area contributed by atoms with E-state index in [-0.39, 0.29) is 38.6 Å². The Hall–Kier alpha value is -3.53. The molecule has 0 amide bonds. The maximum atomic E-state index is 12.8. The maximum absolute atomic E-state index is 12.8. The zero-order valence-electron chi connectivity index (χ0n) is 41.4. The van der Waals surface area contributed by atoms with Crippen molar-refractivity contribution in [2.45, 2.75) is 200 Å². The van der Waals surface area contributed by atoms with Crippen LogP contribution in [0, 0.1) is 0 Å². The van der Waals surface area contributed by atoms with Crippen molar-refractivity contribution in [3.05, 3.63) is 85.1 Å². The van der Waals surface area contributed by atoms with Crippen LogP contribution in [0.25, 0.3) is 0 Å². The second-order valence-electron chi connectivity index (χ2n) is 17.7. The van der Waals surface area contributed by atoms with Crippen LogP contribution >= 0.6 is 0 Å². The van der Waals surface area contributed by atoms with Crippen molar-refractivity contribution in [3.63, 3.8) is 0 Å². The third kappa shape index (κ3) is 46.5. The summed E-state index contributed by atoms with van der Waals surface area (Å²) < 4.78 is 22.6. The van der Waals surface area contributed by atoms with Crippen LogP contribution in [0.2, 0.25) is 0 Å². The predicted octanol–water partition coefficient (Wildman–Crippen LogP) is 12.7. The predicted molar refractivity (Wildman–Crippen MR) is 264 cm³/mol. The number of ether oxygens (including phenoxy) is 4. The van der Waals surface area contributed by atoms with Gasteiger partial charge in [0.25, 0.3) is 0 Å². The van der Waals surface area contributed by atoms with Gasteiger partial charge in [0.05, 0.1) is 40.3 Å². The number of allylic oxidation sites excluding steroid dienone is 14. The number of likely N-dealkylation sites (N-methyl/N-ethyl adjacent to an activating group) is 1. The molecular formula is C55H93NO8. The zero-order chi connectivity index (χ0) is 47.0. The first kappa shape index (κ1) is 60.5. The zero-order valence-corrected chi connectivity index (χ0v) is 41.4. The number of carboxylic acids is 1. The minimum atomic E-state index is -1.63. The summed E-state index contributed by atoms with van der Waals surface area (Å²) in [6.07, 6.45) is 56.1. The molecule has 366 valence electrons. The van der Waals surface area contributed by atoms with Gasteiger partial charge in [-0.3, -0.25) is 9.59 Å². The normalized spacial score (nSPS) is 13.6. The first-order valence-electron chi connectivity index (χ1n) is 25.2. The summed E-state index contributed by atoms with van der Waals surface area (Å²) >= 11 is 0. The van der Waals surface area contributed by atoms with E-state index in [1.54, 1.807) is 0 Å². The first-order chi connectivity index (χ1) is 31.1. The number of unbranched alkanes of at least 4 members (excludes halogenated alkanes) is 16. The molecule has 0 aliphatic rings. The van der Waals surface area contributed by atoms with E-state index in [0.717, 1.165) is 109 Å². The number of carbonyl (C=O) groups excluding carboxylic acids is 3. The van der Waals surface area contributed by atoms with Crippen molar-refractivity contribution in [1.82, 2.24) is 0 Å². The summed E-state index contributed by atoms with van der Waals surface area (Å²) in [4.78, 5) is 37.1. The Labute approximate surface area is 391 Å². The number of esters is 2. The van der Waals surface area contributed by atoms with E-state index in [2.05, 4.69) is 98.9 Å². The van der Waals surface area contributed by atoms with Gasteiger partial charge in [-0.2, -0.15) is 0 Å². The Bertz CT molecular complexity index is 1320. The van der Waals surface area contributed by atoms with Crippen molar-refractivity contribution < 1.29 is 42.9 Å². The molecule has 0 spiro atoms. The third-order valence-electron chi connectivity index (χ3n) is 10.4. The van der Waals surface area contributed by atoms with Crippen LogP contribution in [0.15, 0.2) is 85.1 Å². The number of hydrogen-bond donors (Lipinski definition) is 0. The SMILES string of the molecule is CC/C=C\C/C=C\C/C=C\C/C=C\C/C=C\CCCCCCCCCCCC(=O)OC(COC(=O)CCCCCCC/C=C\C/C=C\CCCC)COC(OCC[N+](C)(C)C)C(=O)[O-]. The molecule has 0 saturated heterocycles. The molecule has 0 aromatic carbocycles. The van der Waals surface area contributed by atoms with Gasteiger partial charge in [-0.1, -0.05) is 176 Å². The van der Waals surface area contributed by atoms with Crippen molar-refractivity contribution in [1.29, 1.82) is 0 Å². The molecule has 0 aromatic heterocycles. The van der Waals surface area contributed by atoms with E-state index in [9.17, 15) is 19.5 Å². The molecule has 0 aliphatic carbocycles. The van der Waals surface area contributed by atoms with E-state index in [1.165, 1.54) is 44.9 Å². The van der Waals surface area contributed by atoms with Gasteiger partial charge in [0, 0.05) is 12.8 Å². The first-order valence-corrected chi connectivity index (χ1v) is 25.2. The van der Waals surface area contributed by atoms with Gasteiger partial charge in [-0.25, -0.2) is 0 Å². The van der Waals surface area contributed by atoms with E-state index in [0.29, 0.717) is 17.4 Å². The average molecular weight is 896 g/mol. The smallest absolute Gasteiger partial charge is 0.306 e. The quantitative estimate of drug-likeness (QED) is 0.0195. The molecule has 0 bridgehead atoms.